The second-order valence-corrected chi connectivity index (χ2v) is 4.73. The number of likely N-dealkylation sites (N-methyl/N-ethyl adjacent to an activating group) is 1. The number of rotatable bonds is 3. The number of hydrogen-bond acceptors (Lipinski definition) is 4. The quantitative estimate of drug-likeness (QED) is 0.686. The lowest BCUT2D eigenvalue weighted by molar-refractivity contribution is -0.384. The Morgan fingerprint density at radius 3 is 2.57 bits per heavy atom. The second kappa shape index (κ2) is 5.23. The summed E-state index contributed by atoms with van der Waals surface area (Å²) in [5.74, 6) is -0.246. The molecule has 1 saturated heterocycles. The van der Waals surface area contributed by atoms with Gasteiger partial charge in [-0.1, -0.05) is 0 Å². The van der Waals surface area contributed by atoms with E-state index < -0.39 is 28.4 Å². The summed E-state index contributed by atoms with van der Waals surface area (Å²) in [5, 5.41) is 13.6. The Morgan fingerprint density at radius 1 is 1.43 bits per heavy atom. The highest BCUT2D eigenvalue weighted by atomic mass is 19.4. The fourth-order valence-electron chi connectivity index (χ4n) is 2.13. The Labute approximate surface area is 117 Å². The predicted molar refractivity (Wildman–Crippen MR) is 67.8 cm³/mol. The molecule has 0 aliphatic carbocycles. The van der Waals surface area contributed by atoms with Crippen molar-refractivity contribution >= 4 is 17.3 Å². The van der Waals surface area contributed by atoms with Crippen LogP contribution in [-0.4, -0.2) is 35.4 Å². The van der Waals surface area contributed by atoms with Crippen LogP contribution in [0.15, 0.2) is 18.2 Å². The topological polar surface area (TPSA) is 75.5 Å². The molecular weight excluding hydrogens is 291 g/mol. The minimum atomic E-state index is -4.66. The molecule has 1 aromatic rings. The number of anilines is 1. The van der Waals surface area contributed by atoms with E-state index in [4.69, 9.17) is 0 Å². The van der Waals surface area contributed by atoms with Crippen LogP contribution in [0.25, 0.3) is 0 Å². The number of carbonyl (C=O) groups is 1. The number of amides is 1. The molecule has 0 radical (unpaired) electrons. The van der Waals surface area contributed by atoms with E-state index in [-0.39, 0.29) is 11.6 Å². The van der Waals surface area contributed by atoms with Crippen LogP contribution < -0.4 is 5.32 Å². The molecule has 0 bridgehead atoms. The zero-order chi connectivity index (χ0) is 15.8. The molecule has 1 fully saturated rings. The van der Waals surface area contributed by atoms with Crippen molar-refractivity contribution in [2.24, 2.45) is 0 Å². The number of benzene rings is 1. The summed E-state index contributed by atoms with van der Waals surface area (Å²) in [6.45, 7) is 0.491. The third kappa shape index (κ3) is 3.06. The van der Waals surface area contributed by atoms with Crippen LogP contribution in [0.1, 0.15) is 12.0 Å². The average Bonchev–Trinajstić information content (AvgIpc) is 2.69. The fraction of sp³-hybridized carbons (Fsp3) is 0.417. The highest BCUT2D eigenvalue weighted by Crippen LogP contribution is 2.35. The van der Waals surface area contributed by atoms with E-state index in [0.29, 0.717) is 19.0 Å². The lowest BCUT2D eigenvalue weighted by Gasteiger charge is -2.14. The number of nitro groups is 1. The zero-order valence-corrected chi connectivity index (χ0v) is 11.0. The number of likely N-dealkylation sites (tertiary alicyclic amines) is 1. The molecule has 1 heterocycles. The first-order valence-electron chi connectivity index (χ1n) is 6.07. The summed E-state index contributed by atoms with van der Waals surface area (Å²) < 4.78 is 37.7. The molecule has 1 aliphatic heterocycles. The van der Waals surface area contributed by atoms with Crippen LogP contribution in [0.4, 0.5) is 24.5 Å². The summed E-state index contributed by atoms with van der Waals surface area (Å²) in [4.78, 5) is 23.2. The van der Waals surface area contributed by atoms with Crippen LogP contribution in [-0.2, 0) is 11.0 Å². The van der Waals surface area contributed by atoms with Gasteiger partial charge in [-0.25, -0.2) is 0 Å². The molecule has 21 heavy (non-hydrogen) atoms. The summed E-state index contributed by atoms with van der Waals surface area (Å²) in [5.41, 5.74) is -1.90. The molecule has 0 spiro atoms. The third-order valence-electron chi connectivity index (χ3n) is 3.28. The highest BCUT2D eigenvalue weighted by molar-refractivity contribution is 5.87. The van der Waals surface area contributed by atoms with Gasteiger partial charge in [-0.2, -0.15) is 13.2 Å². The molecular formula is C12H12F3N3O3. The summed E-state index contributed by atoms with van der Waals surface area (Å²) in [7, 11) is 1.59. The zero-order valence-electron chi connectivity index (χ0n) is 11.0. The molecule has 9 heteroatoms. The van der Waals surface area contributed by atoms with Gasteiger partial charge < -0.3 is 10.2 Å². The fourth-order valence-corrected chi connectivity index (χ4v) is 2.13. The SMILES string of the molecule is CN1CCC(Nc2ccc(C(F)(F)F)cc2[N+](=O)[O-])C1=O. The van der Waals surface area contributed by atoms with Crippen LogP contribution in [0.2, 0.25) is 0 Å². The molecule has 1 unspecified atom stereocenters. The lowest BCUT2D eigenvalue weighted by Crippen LogP contribution is -2.31. The number of alkyl halides is 3. The van der Waals surface area contributed by atoms with Crippen molar-refractivity contribution in [1.29, 1.82) is 0 Å². The maximum atomic E-state index is 12.6. The second-order valence-electron chi connectivity index (χ2n) is 4.73. The van der Waals surface area contributed by atoms with E-state index >= 15 is 0 Å². The van der Waals surface area contributed by atoms with E-state index in [1.54, 1.807) is 7.05 Å². The predicted octanol–water partition coefficient (Wildman–Crippen LogP) is 2.26. The molecule has 2 rings (SSSR count). The van der Waals surface area contributed by atoms with Gasteiger partial charge >= 0.3 is 6.18 Å². The van der Waals surface area contributed by atoms with Crippen LogP contribution in [0.5, 0.6) is 0 Å². The van der Waals surface area contributed by atoms with E-state index in [2.05, 4.69) is 5.32 Å². The van der Waals surface area contributed by atoms with E-state index in [1.807, 2.05) is 0 Å². The lowest BCUT2D eigenvalue weighted by atomic mass is 10.1. The number of carbonyl (C=O) groups excluding carboxylic acids is 1. The van der Waals surface area contributed by atoms with Gasteiger partial charge in [0.05, 0.1) is 10.5 Å². The van der Waals surface area contributed by atoms with E-state index in [9.17, 15) is 28.1 Å². The highest BCUT2D eigenvalue weighted by Gasteiger charge is 2.34. The van der Waals surface area contributed by atoms with Crippen molar-refractivity contribution in [2.45, 2.75) is 18.6 Å². The molecule has 1 aromatic carbocycles. The third-order valence-corrected chi connectivity index (χ3v) is 3.28. The smallest absolute Gasteiger partial charge is 0.368 e. The van der Waals surface area contributed by atoms with Gasteiger partial charge in [-0.05, 0) is 18.6 Å². The molecule has 1 amide bonds. The van der Waals surface area contributed by atoms with Gasteiger partial charge in [0.2, 0.25) is 5.91 Å². The van der Waals surface area contributed by atoms with Gasteiger partial charge in [-0.15, -0.1) is 0 Å². The Kier molecular flexibility index (Phi) is 3.75. The van der Waals surface area contributed by atoms with E-state index in [0.717, 1.165) is 12.1 Å². The molecule has 1 N–H and O–H groups in total. The Balaban J connectivity index is 2.31. The maximum Gasteiger partial charge on any atom is 0.416 e. The largest absolute Gasteiger partial charge is 0.416 e. The molecule has 1 aliphatic rings. The number of hydrogen-bond donors (Lipinski definition) is 1. The summed E-state index contributed by atoms with van der Waals surface area (Å²) in [6.07, 6.45) is -4.22. The molecule has 1 atom stereocenters. The normalized spacial score (nSPS) is 19.0. The first-order chi connectivity index (χ1) is 9.70. The first kappa shape index (κ1) is 15.1. The molecule has 0 aromatic heterocycles. The van der Waals surface area contributed by atoms with Gasteiger partial charge in [0.25, 0.3) is 5.69 Å². The summed E-state index contributed by atoms with van der Waals surface area (Å²) >= 11 is 0. The van der Waals surface area contributed by atoms with Crippen molar-refractivity contribution in [2.75, 3.05) is 18.9 Å². The van der Waals surface area contributed by atoms with Crippen molar-refractivity contribution in [3.05, 3.63) is 33.9 Å². The van der Waals surface area contributed by atoms with E-state index in [1.165, 1.54) is 4.90 Å². The van der Waals surface area contributed by atoms with Gasteiger partial charge in [0.15, 0.2) is 0 Å². The number of nitrogens with zero attached hydrogens (tertiary/aromatic N) is 2. The van der Waals surface area contributed by atoms with Crippen molar-refractivity contribution in [3.8, 4) is 0 Å². The Bertz CT molecular complexity index is 589. The molecule has 6 nitrogen and oxygen atoms in total. The minimum Gasteiger partial charge on any atom is -0.368 e. The van der Waals surface area contributed by atoms with Crippen molar-refractivity contribution in [1.82, 2.24) is 4.90 Å². The minimum absolute atomic E-state index is 0.0957. The van der Waals surface area contributed by atoms with Crippen molar-refractivity contribution < 1.29 is 22.9 Å². The summed E-state index contributed by atoms with van der Waals surface area (Å²) in [6, 6.07) is 1.53. The first-order valence-corrected chi connectivity index (χ1v) is 6.07. The number of nitrogens with one attached hydrogen (secondary N) is 1. The Hall–Kier alpha value is -2.32. The number of nitro benzene ring substituents is 1. The van der Waals surface area contributed by atoms with Crippen LogP contribution in [0, 0.1) is 10.1 Å². The Morgan fingerprint density at radius 2 is 2.10 bits per heavy atom. The average molecular weight is 303 g/mol. The van der Waals surface area contributed by atoms with Gasteiger partial charge in [0, 0.05) is 19.7 Å². The van der Waals surface area contributed by atoms with Crippen LogP contribution in [0.3, 0.4) is 0 Å². The van der Waals surface area contributed by atoms with Gasteiger partial charge in [-0.3, -0.25) is 14.9 Å². The number of halogens is 3. The van der Waals surface area contributed by atoms with Crippen LogP contribution >= 0.6 is 0 Å². The molecule has 0 saturated carbocycles. The monoisotopic (exact) mass is 303 g/mol. The van der Waals surface area contributed by atoms with Crippen molar-refractivity contribution in [3.63, 3.8) is 0 Å². The van der Waals surface area contributed by atoms with Gasteiger partial charge in [0.1, 0.15) is 11.7 Å². The standard InChI is InChI=1S/C12H12F3N3O3/c1-17-5-4-9(11(17)19)16-8-3-2-7(12(13,14)15)6-10(8)18(20)21/h2-3,6,9,16H,4-5H2,1H3. The molecule has 114 valence electrons. The maximum absolute atomic E-state index is 12.6.